The van der Waals surface area contributed by atoms with Crippen molar-refractivity contribution in [2.45, 2.75) is 6.04 Å². The van der Waals surface area contributed by atoms with Crippen LogP contribution >= 0.6 is 0 Å². The van der Waals surface area contributed by atoms with Crippen molar-refractivity contribution in [1.82, 2.24) is 20.4 Å². The highest BCUT2D eigenvalue weighted by Crippen LogP contribution is 2.34. The summed E-state index contributed by atoms with van der Waals surface area (Å²) in [5.74, 6) is 0.646. The fourth-order valence-corrected chi connectivity index (χ4v) is 3.91. The largest absolute Gasteiger partial charge is 0.467 e. The Kier molecular flexibility index (Phi) is 4.43. The van der Waals surface area contributed by atoms with Crippen LogP contribution in [0.3, 0.4) is 0 Å². The Morgan fingerprint density at radius 2 is 1.82 bits per heavy atom. The Bertz CT molecular complexity index is 1080. The molecule has 5 nitrogen and oxygen atoms in total. The second-order valence-corrected chi connectivity index (χ2v) is 7.15. The summed E-state index contributed by atoms with van der Waals surface area (Å²) >= 11 is 0. The normalized spacial score (nSPS) is 16.5. The van der Waals surface area contributed by atoms with E-state index in [2.05, 4.69) is 38.6 Å². The van der Waals surface area contributed by atoms with Crippen LogP contribution in [-0.4, -0.2) is 41.3 Å². The van der Waals surface area contributed by atoms with Gasteiger partial charge < -0.3 is 9.73 Å². The number of halogens is 1. The SMILES string of the molecule is Fc1ccc(C(c2cc(-c3ccc4[nH]ncc4c3)co2)N2CCNCC2)cc1. The molecule has 1 unspecified atom stereocenters. The first-order chi connectivity index (χ1) is 13.8. The monoisotopic (exact) mass is 376 g/mol. The van der Waals surface area contributed by atoms with Gasteiger partial charge >= 0.3 is 0 Å². The van der Waals surface area contributed by atoms with E-state index in [0.29, 0.717) is 0 Å². The maximum atomic E-state index is 13.5. The number of H-pyrrole nitrogens is 1. The van der Waals surface area contributed by atoms with Gasteiger partial charge in [0.15, 0.2) is 0 Å². The molecule has 0 amide bonds. The molecule has 0 bridgehead atoms. The first-order valence-electron chi connectivity index (χ1n) is 9.50. The molecule has 2 N–H and O–H groups in total. The molecule has 1 atom stereocenters. The lowest BCUT2D eigenvalue weighted by Gasteiger charge is -2.34. The summed E-state index contributed by atoms with van der Waals surface area (Å²) in [5, 5.41) is 11.5. The molecule has 2 aromatic heterocycles. The summed E-state index contributed by atoms with van der Waals surface area (Å²) in [6.45, 7) is 3.70. The zero-order valence-corrected chi connectivity index (χ0v) is 15.4. The number of piperazine rings is 1. The summed E-state index contributed by atoms with van der Waals surface area (Å²) in [6, 6.07) is 15.0. The van der Waals surface area contributed by atoms with E-state index >= 15 is 0 Å². The van der Waals surface area contributed by atoms with Crippen LogP contribution in [-0.2, 0) is 0 Å². The van der Waals surface area contributed by atoms with E-state index in [0.717, 1.165) is 59.5 Å². The van der Waals surface area contributed by atoms with Crippen molar-refractivity contribution < 1.29 is 8.81 Å². The Labute approximate surface area is 162 Å². The van der Waals surface area contributed by atoms with Crippen LogP contribution in [0.15, 0.2) is 65.4 Å². The van der Waals surface area contributed by atoms with Crippen molar-refractivity contribution in [3.8, 4) is 11.1 Å². The molecule has 4 aromatic rings. The van der Waals surface area contributed by atoms with E-state index in [4.69, 9.17) is 4.42 Å². The summed E-state index contributed by atoms with van der Waals surface area (Å²) in [7, 11) is 0. The van der Waals surface area contributed by atoms with Crippen molar-refractivity contribution in [1.29, 1.82) is 0 Å². The number of aromatic amines is 1. The van der Waals surface area contributed by atoms with E-state index < -0.39 is 0 Å². The number of fused-ring (bicyclic) bond motifs is 1. The molecule has 1 saturated heterocycles. The lowest BCUT2D eigenvalue weighted by Crippen LogP contribution is -2.45. The molecule has 28 heavy (non-hydrogen) atoms. The molecule has 142 valence electrons. The van der Waals surface area contributed by atoms with Crippen molar-refractivity contribution in [3.05, 3.63) is 78.1 Å². The van der Waals surface area contributed by atoms with Crippen molar-refractivity contribution >= 4 is 10.9 Å². The van der Waals surface area contributed by atoms with Crippen LogP contribution in [0.2, 0.25) is 0 Å². The number of benzene rings is 2. The second kappa shape index (κ2) is 7.22. The maximum Gasteiger partial charge on any atom is 0.126 e. The predicted octanol–water partition coefficient (Wildman–Crippen LogP) is 3.96. The van der Waals surface area contributed by atoms with Crippen LogP contribution in [0.5, 0.6) is 0 Å². The molecule has 0 aliphatic carbocycles. The van der Waals surface area contributed by atoms with Gasteiger partial charge in [0, 0.05) is 37.1 Å². The van der Waals surface area contributed by atoms with Gasteiger partial charge in [-0.05, 0) is 41.5 Å². The number of nitrogens with zero attached hydrogens (tertiary/aromatic N) is 2. The van der Waals surface area contributed by atoms with Gasteiger partial charge in [-0.25, -0.2) is 4.39 Å². The Hall–Kier alpha value is -2.96. The Morgan fingerprint density at radius 3 is 2.64 bits per heavy atom. The van der Waals surface area contributed by atoms with Crippen molar-refractivity contribution in [2.75, 3.05) is 26.2 Å². The van der Waals surface area contributed by atoms with E-state index in [9.17, 15) is 4.39 Å². The minimum absolute atomic E-state index is 0.0332. The van der Waals surface area contributed by atoms with Crippen LogP contribution in [0, 0.1) is 5.82 Å². The van der Waals surface area contributed by atoms with Crippen molar-refractivity contribution in [2.24, 2.45) is 0 Å². The highest BCUT2D eigenvalue weighted by molar-refractivity contribution is 5.83. The first-order valence-corrected chi connectivity index (χ1v) is 9.50. The van der Waals surface area contributed by atoms with Crippen LogP contribution < -0.4 is 5.32 Å². The van der Waals surface area contributed by atoms with Gasteiger partial charge in [-0.2, -0.15) is 5.10 Å². The molecule has 6 heteroatoms. The number of hydrogen-bond donors (Lipinski definition) is 2. The summed E-state index contributed by atoms with van der Waals surface area (Å²) in [5.41, 5.74) is 4.16. The third-order valence-electron chi connectivity index (χ3n) is 5.37. The highest BCUT2D eigenvalue weighted by atomic mass is 19.1. The molecule has 1 fully saturated rings. The third kappa shape index (κ3) is 3.21. The number of nitrogens with one attached hydrogen (secondary N) is 2. The van der Waals surface area contributed by atoms with Gasteiger partial charge in [-0.15, -0.1) is 0 Å². The summed E-state index contributed by atoms with van der Waals surface area (Å²) in [6.07, 6.45) is 3.62. The third-order valence-corrected chi connectivity index (χ3v) is 5.37. The molecule has 1 aliphatic rings. The summed E-state index contributed by atoms with van der Waals surface area (Å²) in [4.78, 5) is 2.38. The minimum atomic E-state index is -0.226. The van der Waals surface area contributed by atoms with Crippen LogP contribution in [0.1, 0.15) is 17.4 Å². The zero-order chi connectivity index (χ0) is 18.9. The average molecular weight is 376 g/mol. The molecule has 5 rings (SSSR count). The predicted molar refractivity (Wildman–Crippen MR) is 106 cm³/mol. The number of aromatic nitrogens is 2. The highest BCUT2D eigenvalue weighted by Gasteiger charge is 2.27. The van der Waals surface area contributed by atoms with Gasteiger partial charge in [-0.3, -0.25) is 10.00 Å². The number of hydrogen-bond acceptors (Lipinski definition) is 4. The smallest absolute Gasteiger partial charge is 0.126 e. The molecule has 2 aromatic carbocycles. The lowest BCUT2D eigenvalue weighted by atomic mass is 10.00. The standard InChI is InChI=1S/C22H21FN4O/c23-19-4-1-15(2-5-19)22(27-9-7-24-8-10-27)21-12-18(14-28-21)16-3-6-20-17(11-16)13-25-26-20/h1-6,11-14,22,24H,7-10H2,(H,25,26). The molecule has 0 spiro atoms. The average Bonchev–Trinajstić information content (AvgIpc) is 3.39. The minimum Gasteiger partial charge on any atom is -0.467 e. The van der Waals surface area contributed by atoms with Crippen molar-refractivity contribution in [3.63, 3.8) is 0 Å². The molecule has 0 saturated carbocycles. The number of furan rings is 1. The van der Waals surface area contributed by atoms with E-state index in [1.54, 1.807) is 6.26 Å². The van der Waals surface area contributed by atoms with Gasteiger partial charge in [0.25, 0.3) is 0 Å². The van der Waals surface area contributed by atoms with E-state index in [-0.39, 0.29) is 11.9 Å². The van der Waals surface area contributed by atoms with Gasteiger partial charge in [0.2, 0.25) is 0 Å². The topological polar surface area (TPSA) is 57.1 Å². The number of rotatable bonds is 4. The first kappa shape index (κ1) is 17.2. The molecule has 1 aliphatic heterocycles. The van der Waals surface area contributed by atoms with Crippen LogP contribution in [0.4, 0.5) is 4.39 Å². The second-order valence-electron chi connectivity index (χ2n) is 7.15. The van der Waals surface area contributed by atoms with Gasteiger partial charge in [0.1, 0.15) is 11.6 Å². The molecular formula is C22H21FN4O. The maximum absolute atomic E-state index is 13.5. The van der Waals surface area contributed by atoms with Gasteiger partial charge in [-0.1, -0.05) is 18.2 Å². The molecule has 3 heterocycles. The van der Waals surface area contributed by atoms with Gasteiger partial charge in [0.05, 0.1) is 24.0 Å². The fourth-order valence-electron chi connectivity index (χ4n) is 3.91. The van der Waals surface area contributed by atoms with E-state index in [1.807, 2.05) is 24.4 Å². The Balaban J connectivity index is 1.52. The zero-order valence-electron chi connectivity index (χ0n) is 15.4. The molecule has 0 radical (unpaired) electrons. The lowest BCUT2D eigenvalue weighted by molar-refractivity contribution is 0.180. The Morgan fingerprint density at radius 1 is 1.00 bits per heavy atom. The van der Waals surface area contributed by atoms with E-state index in [1.165, 1.54) is 12.1 Å². The van der Waals surface area contributed by atoms with Crippen LogP contribution in [0.25, 0.3) is 22.0 Å². The summed E-state index contributed by atoms with van der Waals surface area (Å²) < 4.78 is 19.5. The quantitative estimate of drug-likeness (QED) is 0.566. The molecular weight excluding hydrogens is 355 g/mol. The fraction of sp³-hybridized carbons (Fsp3) is 0.227.